The Morgan fingerprint density at radius 3 is 2.86 bits per heavy atom. The fourth-order valence-electron chi connectivity index (χ4n) is 1.94. The second-order valence-corrected chi connectivity index (χ2v) is 7.16. The number of sulfonamides is 1. The molecular weight excluding hydrogens is 294 g/mol. The first kappa shape index (κ1) is 14.2. The molecule has 0 amide bonds. The third kappa shape index (κ3) is 2.84. The van der Waals surface area contributed by atoms with Crippen LogP contribution in [0.5, 0.6) is 0 Å². The predicted molar refractivity (Wildman–Crippen MR) is 72.8 cm³/mol. The highest BCUT2D eigenvalue weighted by Gasteiger charge is 2.30. The van der Waals surface area contributed by atoms with Gasteiger partial charge in [0.05, 0.1) is 12.7 Å². The third-order valence-corrected chi connectivity index (χ3v) is 5.17. The van der Waals surface area contributed by atoms with Gasteiger partial charge in [-0.1, -0.05) is 5.16 Å². The maximum absolute atomic E-state index is 12.4. The lowest BCUT2D eigenvalue weighted by atomic mass is 10.4. The standard InChI is InChI=1S/C12H17N5O3S/c1-3-17-7-10(6-13-17)21(18,19)16(2)8-11-14-12(20-15-11)9-4-5-9/h6-7,9H,3-5,8H2,1-2H3. The van der Waals surface area contributed by atoms with E-state index in [9.17, 15) is 8.42 Å². The number of hydrogen-bond donors (Lipinski definition) is 0. The molecule has 21 heavy (non-hydrogen) atoms. The van der Waals surface area contributed by atoms with Crippen molar-refractivity contribution in [3.05, 3.63) is 24.1 Å². The molecule has 9 heteroatoms. The molecule has 2 aromatic rings. The maximum atomic E-state index is 12.4. The van der Waals surface area contributed by atoms with E-state index in [0.717, 1.165) is 12.8 Å². The lowest BCUT2D eigenvalue weighted by Gasteiger charge is -2.13. The van der Waals surface area contributed by atoms with Crippen molar-refractivity contribution in [3.63, 3.8) is 0 Å². The fourth-order valence-corrected chi connectivity index (χ4v) is 3.02. The summed E-state index contributed by atoms with van der Waals surface area (Å²) in [6, 6.07) is 0. The van der Waals surface area contributed by atoms with E-state index < -0.39 is 10.0 Å². The van der Waals surface area contributed by atoms with Crippen molar-refractivity contribution < 1.29 is 12.9 Å². The van der Waals surface area contributed by atoms with Gasteiger partial charge in [0, 0.05) is 25.7 Å². The first-order valence-electron chi connectivity index (χ1n) is 6.82. The molecule has 1 saturated carbocycles. The van der Waals surface area contributed by atoms with Crippen LogP contribution in [0.4, 0.5) is 0 Å². The Hall–Kier alpha value is -1.74. The van der Waals surface area contributed by atoms with Crippen LogP contribution in [0.25, 0.3) is 0 Å². The monoisotopic (exact) mass is 311 g/mol. The van der Waals surface area contributed by atoms with Crippen LogP contribution in [0, 0.1) is 0 Å². The van der Waals surface area contributed by atoms with Gasteiger partial charge in [0.1, 0.15) is 4.90 Å². The smallest absolute Gasteiger partial charge is 0.246 e. The summed E-state index contributed by atoms with van der Waals surface area (Å²) in [5, 5.41) is 7.82. The third-order valence-electron chi connectivity index (χ3n) is 3.42. The molecule has 0 aromatic carbocycles. The van der Waals surface area contributed by atoms with Crippen LogP contribution in [-0.4, -0.2) is 39.7 Å². The highest BCUT2D eigenvalue weighted by atomic mass is 32.2. The molecule has 2 aromatic heterocycles. The average molecular weight is 311 g/mol. The lowest BCUT2D eigenvalue weighted by Crippen LogP contribution is -2.26. The summed E-state index contributed by atoms with van der Waals surface area (Å²) in [6.07, 6.45) is 4.98. The highest BCUT2D eigenvalue weighted by molar-refractivity contribution is 7.89. The highest BCUT2D eigenvalue weighted by Crippen LogP contribution is 2.38. The minimum Gasteiger partial charge on any atom is -0.339 e. The minimum atomic E-state index is -3.59. The summed E-state index contributed by atoms with van der Waals surface area (Å²) in [4.78, 5) is 4.40. The van der Waals surface area contributed by atoms with E-state index >= 15 is 0 Å². The van der Waals surface area contributed by atoms with E-state index in [4.69, 9.17) is 4.52 Å². The van der Waals surface area contributed by atoms with Crippen LogP contribution in [0.2, 0.25) is 0 Å². The molecule has 0 aliphatic heterocycles. The Kier molecular flexibility index (Phi) is 3.54. The predicted octanol–water partition coefficient (Wildman–Crippen LogP) is 0.984. The Bertz CT molecular complexity index is 732. The average Bonchev–Trinajstić information content (AvgIpc) is 3.02. The zero-order chi connectivity index (χ0) is 15.0. The number of rotatable bonds is 6. The maximum Gasteiger partial charge on any atom is 0.246 e. The van der Waals surface area contributed by atoms with Crippen LogP contribution in [-0.2, 0) is 23.1 Å². The number of nitrogens with zero attached hydrogens (tertiary/aromatic N) is 5. The van der Waals surface area contributed by atoms with Crippen molar-refractivity contribution >= 4 is 10.0 Å². The van der Waals surface area contributed by atoms with Crippen molar-refractivity contribution in [1.29, 1.82) is 0 Å². The minimum absolute atomic E-state index is 0.0792. The molecule has 114 valence electrons. The summed E-state index contributed by atoms with van der Waals surface area (Å²) < 4.78 is 32.7. The normalized spacial score (nSPS) is 15.8. The molecule has 0 radical (unpaired) electrons. The summed E-state index contributed by atoms with van der Waals surface area (Å²) in [5.74, 6) is 1.34. The van der Waals surface area contributed by atoms with Crippen LogP contribution < -0.4 is 0 Å². The van der Waals surface area contributed by atoms with Gasteiger partial charge in [-0.2, -0.15) is 14.4 Å². The van der Waals surface area contributed by atoms with Gasteiger partial charge in [-0.3, -0.25) is 4.68 Å². The number of aryl methyl sites for hydroxylation is 1. The zero-order valence-electron chi connectivity index (χ0n) is 11.9. The molecule has 2 heterocycles. The molecule has 0 bridgehead atoms. The molecule has 1 aliphatic carbocycles. The van der Waals surface area contributed by atoms with E-state index in [1.165, 1.54) is 23.7 Å². The van der Waals surface area contributed by atoms with Gasteiger partial charge in [-0.25, -0.2) is 8.42 Å². The molecule has 1 aliphatic rings. The molecule has 0 atom stereocenters. The van der Waals surface area contributed by atoms with Crippen molar-refractivity contribution in [2.24, 2.45) is 0 Å². The van der Waals surface area contributed by atoms with Gasteiger partial charge in [0.15, 0.2) is 5.82 Å². The molecule has 3 rings (SSSR count). The van der Waals surface area contributed by atoms with Gasteiger partial charge < -0.3 is 4.52 Å². The van der Waals surface area contributed by atoms with Crippen molar-refractivity contribution in [3.8, 4) is 0 Å². The van der Waals surface area contributed by atoms with E-state index in [2.05, 4.69) is 15.2 Å². The van der Waals surface area contributed by atoms with E-state index in [1.54, 1.807) is 4.68 Å². The molecule has 8 nitrogen and oxygen atoms in total. The molecule has 0 N–H and O–H groups in total. The van der Waals surface area contributed by atoms with Gasteiger partial charge in [0.25, 0.3) is 0 Å². The van der Waals surface area contributed by atoms with Crippen molar-refractivity contribution in [1.82, 2.24) is 24.2 Å². The summed E-state index contributed by atoms with van der Waals surface area (Å²) in [5.41, 5.74) is 0. The number of aromatic nitrogens is 4. The van der Waals surface area contributed by atoms with Crippen LogP contribution in [0.3, 0.4) is 0 Å². The Morgan fingerprint density at radius 1 is 1.48 bits per heavy atom. The zero-order valence-corrected chi connectivity index (χ0v) is 12.7. The molecule has 1 fully saturated rings. The summed E-state index contributed by atoms with van der Waals surface area (Å²) >= 11 is 0. The van der Waals surface area contributed by atoms with E-state index in [-0.39, 0.29) is 11.4 Å². The first-order chi connectivity index (χ1) is 10.0. The van der Waals surface area contributed by atoms with Gasteiger partial charge >= 0.3 is 0 Å². The quantitative estimate of drug-likeness (QED) is 0.789. The van der Waals surface area contributed by atoms with Crippen LogP contribution >= 0.6 is 0 Å². The molecular formula is C12H17N5O3S. The van der Waals surface area contributed by atoms with Gasteiger partial charge in [-0.15, -0.1) is 0 Å². The summed E-state index contributed by atoms with van der Waals surface area (Å²) in [6.45, 7) is 2.59. The Balaban J connectivity index is 1.74. The fraction of sp³-hybridized carbons (Fsp3) is 0.583. The molecule has 0 spiro atoms. The van der Waals surface area contributed by atoms with Gasteiger partial charge in [0.2, 0.25) is 15.9 Å². The second-order valence-electron chi connectivity index (χ2n) is 5.12. The Morgan fingerprint density at radius 2 is 2.24 bits per heavy atom. The molecule has 0 saturated heterocycles. The van der Waals surface area contributed by atoms with Crippen molar-refractivity contribution in [2.45, 2.75) is 43.7 Å². The lowest BCUT2D eigenvalue weighted by molar-refractivity contribution is 0.366. The number of hydrogen-bond acceptors (Lipinski definition) is 6. The van der Waals surface area contributed by atoms with Gasteiger partial charge in [-0.05, 0) is 19.8 Å². The second kappa shape index (κ2) is 5.23. The van der Waals surface area contributed by atoms with E-state index in [0.29, 0.717) is 24.2 Å². The largest absolute Gasteiger partial charge is 0.339 e. The van der Waals surface area contributed by atoms with Crippen LogP contribution in [0.15, 0.2) is 21.8 Å². The SMILES string of the molecule is CCn1cc(S(=O)(=O)N(C)Cc2noc(C3CC3)n2)cn1. The summed E-state index contributed by atoms with van der Waals surface area (Å²) in [7, 11) is -2.10. The Labute approximate surface area is 122 Å². The van der Waals surface area contributed by atoms with Crippen molar-refractivity contribution in [2.75, 3.05) is 7.05 Å². The van der Waals surface area contributed by atoms with E-state index in [1.807, 2.05) is 6.92 Å². The topological polar surface area (TPSA) is 94.1 Å². The van der Waals surface area contributed by atoms with Crippen LogP contribution in [0.1, 0.15) is 37.4 Å². The molecule has 0 unspecified atom stereocenters. The first-order valence-corrected chi connectivity index (χ1v) is 8.26.